The summed E-state index contributed by atoms with van der Waals surface area (Å²) in [5.74, 6) is 0. The third-order valence-electron chi connectivity index (χ3n) is 2.84. The minimum atomic E-state index is -0.359. The van der Waals surface area contributed by atoms with Crippen molar-refractivity contribution in [2.75, 3.05) is 0 Å². The molecule has 0 fully saturated rings. The van der Waals surface area contributed by atoms with Crippen LogP contribution in [0.25, 0.3) is 0 Å². The van der Waals surface area contributed by atoms with Gasteiger partial charge >= 0.3 is 0 Å². The van der Waals surface area contributed by atoms with Crippen LogP contribution in [0.4, 0.5) is 5.69 Å². The highest BCUT2D eigenvalue weighted by Gasteiger charge is 2.15. The van der Waals surface area contributed by atoms with Crippen molar-refractivity contribution < 1.29 is 4.92 Å². The van der Waals surface area contributed by atoms with Crippen LogP contribution in [-0.4, -0.2) is 9.91 Å². The Morgan fingerprint density at radius 2 is 2.30 bits per heavy atom. The van der Waals surface area contributed by atoms with Crippen LogP contribution in [0.3, 0.4) is 0 Å². The Morgan fingerprint density at radius 1 is 1.55 bits per heavy atom. The molecule has 0 radical (unpaired) electrons. The number of hydrogen-bond acceptors (Lipinski definition) is 5. The molecule has 1 heterocycles. The number of benzene rings is 1. The first-order valence-corrected chi connectivity index (χ1v) is 7.73. The minimum Gasteiger partial charge on any atom is -0.304 e. The minimum absolute atomic E-state index is 0.0623. The molecular weight excluding hydrogens is 342 g/mol. The fourth-order valence-electron chi connectivity index (χ4n) is 1.80. The van der Waals surface area contributed by atoms with Gasteiger partial charge in [-0.15, -0.1) is 11.3 Å². The number of aryl methyl sites for hydroxylation is 1. The van der Waals surface area contributed by atoms with E-state index in [1.807, 2.05) is 19.2 Å². The van der Waals surface area contributed by atoms with Crippen LogP contribution in [0.15, 0.2) is 28.1 Å². The van der Waals surface area contributed by atoms with Crippen LogP contribution in [0.5, 0.6) is 0 Å². The number of hydrogen-bond donors (Lipinski definition) is 1. The van der Waals surface area contributed by atoms with Gasteiger partial charge in [-0.1, -0.05) is 15.9 Å². The normalized spacial score (nSPS) is 12.3. The van der Waals surface area contributed by atoms with Gasteiger partial charge in [0, 0.05) is 33.7 Å². The predicted molar refractivity (Wildman–Crippen MR) is 82.9 cm³/mol. The molecule has 1 atom stereocenters. The van der Waals surface area contributed by atoms with Crippen LogP contribution in [-0.2, 0) is 6.54 Å². The molecule has 0 aliphatic rings. The Balaban J connectivity index is 2.10. The molecule has 0 aliphatic carbocycles. The summed E-state index contributed by atoms with van der Waals surface area (Å²) in [5.41, 5.74) is 1.78. The molecular formula is C13H14BrN3O2S. The summed E-state index contributed by atoms with van der Waals surface area (Å²) in [6.07, 6.45) is 0. The lowest BCUT2D eigenvalue weighted by Gasteiger charge is -2.11. The molecule has 2 rings (SSSR count). The first-order chi connectivity index (χ1) is 9.47. The van der Waals surface area contributed by atoms with E-state index >= 15 is 0 Å². The van der Waals surface area contributed by atoms with Gasteiger partial charge in [0.1, 0.15) is 5.01 Å². The van der Waals surface area contributed by atoms with Crippen molar-refractivity contribution in [3.05, 3.63) is 54.4 Å². The van der Waals surface area contributed by atoms with E-state index in [9.17, 15) is 10.1 Å². The summed E-state index contributed by atoms with van der Waals surface area (Å²) >= 11 is 4.93. The monoisotopic (exact) mass is 355 g/mol. The Kier molecular flexibility index (Phi) is 4.85. The second-order valence-electron chi connectivity index (χ2n) is 4.46. The highest BCUT2D eigenvalue weighted by atomic mass is 79.9. The van der Waals surface area contributed by atoms with E-state index in [1.165, 1.54) is 6.07 Å². The smallest absolute Gasteiger partial charge is 0.273 e. The summed E-state index contributed by atoms with van der Waals surface area (Å²) in [4.78, 5) is 15.1. The van der Waals surface area contributed by atoms with Crippen LogP contribution in [0.1, 0.15) is 29.2 Å². The molecule has 2 aromatic rings. The number of nitro benzene ring substituents is 1. The largest absolute Gasteiger partial charge is 0.304 e. The van der Waals surface area contributed by atoms with Gasteiger partial charge in [-0.05, 0) is 26.0 Å². The molecule has 0 saturated carbocycles. The number of thiazole rings is 1. The Labute approximate surface area is 129 Å². The number of aromatic nitrogens is 1. The Morgan fingerprint density at radius 3 is 2.90 bits per heavy atom. The molecule has 1 aromatic carbocycles. The molecule has 0 amide bonds. The maximum atomic E-state index is 11.0. The quantitative estimate of drug-likeness (QED) is 0.650. The topological polar surface area (TPSA) is 68.1 Å². The molecule has 20 heavy (non-hydrogen) atoms. The Bertz CT molecular complexity index is 630. The summed E-state index contributed by atoms with van der Waals surface area (Å²) in [5, 5.41) is 17.3. The van der Waals surface area contributed by atoms with E-state index in [0.717, 1.165) is 15.2 Å². The highest BCUT2D eigenvalue weighted by Crippen LogP contribution is 2.24. The van der Waals surface area contributed by atoms with Gasteiger partial charge in [0.25, 0.3) is 5.69 Å². The lowest BCUT2D eigenvalue weighted by molar-refractivity contribution is -0.385. The van der Waals surface area contributed by atoms with Gasteiger partial charge in [0.05, 0.1) is 11.0 Å². The SMILES string of the molecule is Cc1csc(C(C)NCc2cc(Br)ccc2[N+](=O)[O-])n1. The lowest BCUT2D eigenvalue weighted by Crippen LogP contribution is -2.18. The maximum absolute atomic E-state index is 11.0. The van der Waals surface area contributed by atoms with Crippen LogP contribution >= 0.6 is 27.3 Å². The van der Waals surface area contributed by atoms with Gasteiger partial charge in [0.15, 0.2) is 0 Å². The van der Waals surface area contributed by atoms with Gasteiger partial charge in [-0.25, -0.2) is 4.98 Å². The number of halogens is 1. The van der Waals surface area contributed by atoms with Crippen LogP contribution < -0.4 is 5.32 Å². The molecule has 7 heteroatoms. The first-order valence-electron chi connectivity index (χ1n) is 6.05. The standard InChI is InChI=1S/C13H14BrN3O2S/c1-8-7-20-13(16-8)9(2)15-6-10-5-11(14)3-4-12(10)17(18)19/h3-5,7,9,15H,6H2,1-2H3. The Hall–Kier alpha value is -1.31. The van der Waals surface area contributed by atoms with Crippen molar-refractivity contribution in [2.24, 2.45) is 0 Å². The molecule has 1 N–H and O–H groups in total. The van der Waals surface area contributed by atoms with Gasteiger partial charge in [-0.3, -0.25) is 10.1 Å². The predicted octanol–water partition coefficient (Wildman–Crippen LogP) is 3.97. The van der Waals surface area contributed by atoms with Crippen LogP contribution in [0.2, 0.25) is 0 Å². The zero-order chi connectivity index (χ0) is 14.7. The zero-order valence-corrected chi connectivity index (χ0v) is 13.5. The lowest BCUT2D eigenvalue weighted by atomic mass is 10.1. The number of rotatable bonds is 5. The van der Waals surface area contributed by atoms with E-state index in [4.69, 9.17) is 0 Å². The average molecular weight is 356 g/mol. The maximum Gasteiger partial charge on any atom is 0.273 e. The van der Waals surface area contributed by atoms with Gasteiger partial charge in [-0.2, -0.15) is 0 Å². The van der Waals surface area contributed by atoms with E-state index in [0.29, 0.717) is 12.1 Å². The van der Waals surface area contributed by atoms with E-state index in [-0.39, 0.29) is 16.7 Å². The second kappa shape index (κ2) is 6.43. The van der Waals surface area contributed by atoms with E-state index < -0.39 is 0 Å². The number of nitro groups is 1. The van der Waals surface area contributed by atoms with E-state index in [2.05, 4.69) is 26.2 Å². The van der Waals surface area contributed by atoms with Crippen molar-refractivity contribution in [3.8, 4) is 0 Å². The van der Waals surface area contributed by atoms with Crippen molar-refractivity contribution in [1.82, 2.24) is 10.3 Å². The molecule has 1 unspecified atom stereocenters. The summed E-state index contributed by atoms with van der Waals surface area (Å²) in [6, 6.07) is 5.02. The number of nitrogens with one attached hydrogen (secondary N) is 1. The summed E-state index contributed by atoms with van der Waals surface area (Å²) in [6.45, 7) is 4.38. The molecule has 0 bridgehead atoms. The van der Waals surface area contributed by atoms with Crippen LogP contribution in [0, 0.1) is 17.0 Å². The summed E-state index contributed by atoms with van der Waals surface area (Å²) < 4.78 is 0.831. The van der Waals surface area contributed by atoms with Crippen molar-refractivity contribution >= 4 is 33.0 Å². The molecule has 0 saturated heterocycles. The molecule has 1 aromatic heterocycles. The third kappa shape index (κ3) is 3.62. The first kappa shape index (κ1) is 15.1. The molecule has 106 valence electrons. The highest BCUT2D eigenvalue weighted by molar-refractivity contribution is 9.10. The average Bonchev–Trinajstić information content (AvgIpc) is 2.82. The zero-order valence-electron chi connectivity index (χ0n) is 11.1. The van der Waals surface area contributed by atoms with Crippen molar-refractivity contribution in [3.63, 3.8) is 0 Å². The second-order valence-corrected chi connectivity index (χ2v) is 6.27. The van der Waals surface area contributed by atoms with E-state index in [1.54, 1.807) is 23.5 Å². The molecule has 0 spiro atoms. The van der Waals surface area contributed by atoms with Crippen molar-refractivity contribution in [1.29, 1.82) is 0 Å². The third-order valence-corrected chi connectivity index (χ3v) is 4.48. The van der Waals surface area contributed by atoms with Gasteiger partial charge < -0.3 is 5.32 Å². The molecule has 0 aliphatic heterocycles. The number of nitrogens with zero attached hydrogens (tertiary/aromatic N) is 2. The van der Waals surface area contributed by atoms with Gasteiger partial charge in [0.2, 0.25) is 0 Å². The van der Waals surface area contributed by atoms with Crippen molar-refractivity contribution in [2.45, 2.75) is 26.4 Å². The fraction of sp³-hybridized carbons (Fsp3) is 0.308. The molecule has 5 nitrogen and oxygen atoms in total. The fourth-order valence-corrected chi connectivity index (χ4v) is 3.03. The summed E-state index contributed by atoms with van der Waals surface area (Å²) in [7, 11) is 0.